The molecule has 1 aromatic carbocycles. The molecule has 1 fully saturated rings. The van der Waals surface area contributed by atoms with Crippen molar-refractivity contribution in [3.8, 4) is 0 Å². The van der Waals surface area contributed by atoms with E-state index in [2.05, 4.69) is 31.2 Å². The molecule has 3 N–H and O–H groups in total. The van der Waals surface area contributed by atoms with Gasteiger partial charge < -0.3 is 20.0 Å². The van der Waals surface area contributed by atoms with E-state index >= 15 is 0 Å². The van der Waals surface area contributed by atoms with Gasteiger partial charge in [0.15, 0.2) is 0 Å². The number of nitrogens with zero attached hydrogens (tertiary/aromatic N) is 1. The Hall–Kier alpha value is -1.64. The molecule has 1 aromatic heterocycles. The number of morpholine rings is 1. The summed E-state index contributed by atoms with van der Waals surface area (Å²) in [7, 11) is 0. The maximum absolute atomic E-state index is 12.1. The average molecular weight is 355 g/mol. The Morgan fingerprint density at radius 3 is 2.67 bits per heavy atom. The first kappa shape index (κ1) is 14.3. The number of aromatic amines is 2. The predicted molar refractivity (Wildman–Crippen MR) is 82.5 cm³/mol. The Labute approximate surface area is 128 Å². The Kier molecular flexibility index (Phi) is 4.09. The third kappa shape index (κ3) is 3.34. The zero-order chi connectivity index (χ0) is 14.8. The molecule has 0 aliphatic carbocycles. The van der Waals surface area contributed by atoms with Gasteiger partial charge in [-0.15, -0.1) is 0 Å². The van der Waals surface area contributed by atoms with Crippen LogP contribution in [0.3, 0.4) is 0 Å². The summed E-state index contributed by atoms with van der Waals surface area (Å²) < 4.78 is 5.97. The lowest BCUT2D eigenvalue weighted by Crippen LogP contribution is -2.41. The third-order valence-corrected chi connectivity index (χ3v) is 4.00. The van der Waals surface area contributed by atoms with Gasteiger partial charge in [-0.05, 0) is 28.1 Å². The molecule has 1 aliphatic heterocycles. The molecule has 0 saturated carbocycles. The minimum atomic E-state index is -0.270. The topological polar surface area (TPSA) is 90.2 Å². The Morgan fingerprint density at radius 2 is 1.95 bits per heavy atom. The number of amides is 1. The summed E-state index contributed by atoms with van der Waals surface area (Å²) in [4.78, 5) is 30.7. The first-order chi connectivity index (χ1) is 10.1. The molecule has 0 bridgehead atoms. The molecule has 0 atom stereocenters. The van der Waals surface area contributed by atoms with Crippen LogP contribution < -0.4 is 11.0 Å². The number of hydrogen-bond donors (Lipinski definition) is 3. The quantitative estimate of drug-likeness (QED) is 0.763. The number of imidazole rings is 1. The van der Waals surface area contributed by atoms with E-state index in [-0.39, 0.29) is 11.6 Å². The number of halogens is 1. The second kappa shape index (κ2) is 6.00. The number of nitrogens with one attached hydrogen (secondary N) is 3. The Bertz CT molecular complexity index is 718. The predicted octanol–water partition coefficient (Wildman–Crippen LogP) is 0.889. The van der Waals surface area contributed by atoms with Crippen LogP contribution in [0.2, 0.25) is 0 Å². The summed E-state index contributed by atoms with van der Waals surface area (Å²) >= 11 is 3.40. The summed E-state index contributed by atoms with van der Waals surface area (Å²) in [5.74, 6) is -0.0881. The lowest BCUT2D eigenvalue weighted by atomic mass is 10.2. The summed E-state index contributed by atoms with van der Waals surface area (Å²) in [6, 6.07) is 3.49. The Morgan fingerprint density at radius 1 is 1.29 bits per heavy atom. The van der Waals surface area contributed by atoms with Gasteiger partial charge in [-0.2, -0.15) is 0 Å². The van der Waals surface area contributed by atoms with Crippen molar-refractivity contribution in [3.05, 3.63) is 27.1 Å². The second-order valence-corrected chi connectivity index (χ2v) is 5.75. The zero-order valence-corrected chi connectivity index (χ0v) is 12.8. The highest BCUT2D eigenvalue weighted by Gasteiger charge is 2.15. The van der Waals surface area contributed by atoms with Gasteiger partial charge >= 0.3 is 5.69 Å². The SMILES string of the molecule is O=C(CN1CCOCC1)Nc1cc2[nH]c(=O)[nH]c2cc1Br. The van der Waals surface area contributed by atoms with E-state index in [1.807, 2.05) is 4.90 Å². The number of carbonyl (C=O) groups excluding carboxylic acids is 1. The van der Waals surface area contributed by atoms with Crippen molar-refractivity contribution in [1.82, 2.24) is 14.9 Å². The number of fused-ring (bicyclic) bond motifs is 1. The maximum Gasteiger partial charge on any atom is 0.323 e. The number of anilines is 1. The van der Waals surface area contributed by atoms with Crippen LogP contribution in [0.4, 0.5) is 5.69 Å². The average Bonchev–Trinajstić information content (AvgIpc) is 2.79. The van der Waals surface area contributed by atoms with Crippen molar-refractivity contribution >= 4 is 38.6 Å². The molecule has 1 aliphatic rings. The van der Waals surface area contributed by atoms with Gasteiger partial charge in [0.2, 0.25) is 5.91 Å². The number of ether oxygens (including phenoxy) is 1. The number of carbonyl (C=O) groups is 1. The highest BCUT2D eigenvalue weighted by molar-refractivity contribution is 9.10. The normalized spacial score (nSPS) is 16.2. The zero-order valence-electron chi connectivity index (χ0n) is 11.2. The van der Waals surface area contributed by atoms with Gasteiger partial charge in [-0.3, -0.25) is 9.69 Å². The molecule has 21 heavy (non-hydrogen) atoms. The maximum atomic E-state index is 12.1. The van der Waals surface area contributed by atoms with Crippen LogP contribution in [0, 0.1) is 0 Å². The highest BCUT2D eigenvalue weighted by Crippen LogP contribution is 2.26. The smallest absolute Gasteiger partial charge is 0.323 e. The molecule has 3 rings (SSSR count). The number of benzene rings is 1. The summed E-state index contributed by atoms with van der Waals surface area (Å²) in [5.41, 5.74) is 1.72. The fourth-order valence-electron chi connectivity index (χ4n) is 2.30. The van der Waals surface area contributed by atoms with Crippen LogP contribution in [-0.4, -0.2) is 53.6 Å². The van der Waals surface area contributed by atoms with Crippen LogP contribution in [0.5, 0.6) is 0 Å². The summed E-state index contributed by atoms with van der Waals surface area (Å²) in [5, 5.41) is 2.85. The first-order valence-corrected chi connectivity index (χ1v) is 7.42. The third-order valence-electron chi connectivity index (χ3n) is 3.35. The highest BCUT2D eigenvalue weighted by atomic mass is 79.9. The van der Waals surface area contributed by atoms with E-state index in [0.29, 0.717) is 36.5 Å². The molecule has 0 radical (unpaired) electrons. The van der Waals surface area contributed by atoms with E-state index in [1.165, 1.54) is 0 Å². The standard InChI is InChI=1S/C13H15BrN4O3/c14-8-5-10-11(17-13(20)16-10)6-9(8)15-12(19)7-18-1-3-21-4-2-18/h5-6H,1-4,7H2,(H,15,19)(H2,16,17,20). The largest absolute Gasteiger partial charge is 0.379 e. The number of aromatic nitrogens is 2. The Balaban J connectivity index is 1.72. The molecule has 8 heteroatoms. The van der Waals surface area contributed by atoms with Crippen LogP contribution in [-0.2, 0) is 9.53 Å². The van der Waals surface area contributed by atoms with Crippen molar-refractivity contribution in [2.24, 2.45) is 0 Å². The summed E-state index contributed by atoms with van der Waals surface area (Å²) in [6.45, 7) is 3.18. The van der Waals surface area contributed by atoms with Crippen molar-refractivity contribution in [1.29, 1.82) is 0 Å². The fourth-order valence-corrected chi connectivity index (χ4v) is 2.75. The van der Waals surface area contributed by atoms with Crippen LogP contribution in [0.25, 0.3) is 11.0 Å². The number of H-pyrrole nitrogens is 2. The van der Waals surface area contributed by atoms with Crippen molar-refractivity contribution in [2.75, 3.05) is 38.2 Å². The van der Waals surface area contributed by atoms with Crippen molar-refractivity contribution in [3.63, 3.8) is 0 Å². The monoisotopic (exact) mass is 354 g/mol. The van der Waals surface area contributed by atoms with E-state index < -0.39 is 0 Å². The number of hydrogen-bond acceptors (Lipinski definition) is 4. The van der Waals surface area contributed by atoms with E-state index in [1.54, 1.807) is 12.1 Å². The fraction of sp³-hybridized carbons (Fsp3) is 0.385. The van der Waals surface area contributed by atoms with Gasteiger partial charge in [0, 0.05) is 17.6 Å². The molecule has 0 unspecified atom stereocenters. The lowest BCUT2D eigenvalue weighted by Gasteiger charge is -2.25. The second-order valence-electron chi connectivity index (χ2n) is 4.89. The first-order valence-electron chi connectivity index (χ1n) is 6.63. The minimum Gasteiger partial charge on any atom is -0.379 e. The molecule has 1 saturated heterocycles. The van der Waals surface area contributed by atoms with Gasteiger partial charge in [0.25, 0.3) is 0 Å². The van der Waals surface area contributed by atoms with Gasteiger partial charge in [0.1, 0.15) is 0 Å². The molecular formula is C13H15BrN4O3. The lowest BCUT2D eigenvalue weighted by molar-refractivity contribution is -0.118. The molecule has 0 spiro atoms. The van der Waals surface area contributed by atoms with E-state index in [4.69, 9.17) is 4.74 Å². The van der Waals surface area contributed by atoms with Crippen molar-refractivity contribution in [2.45, 2.75) is 0 Å². The molecule has 2 heterocycles. The van der Waals surface area contributed by atoms with Crippen molar-refractivity contribution < 1.29 is 9.53 Å². The minimum absolute atomic E-state index is 0.0881. The van der Waals surface area contributed by atoms with E-state index in [9.17, 15) is 9.59 Å². The van der Waals surface area contributed by atoms with Gasteiger partial charge in [-0.25, -0.2) is 4.79 Å². The van der Waals surface area contributed by atoms with Crippen LogP contribution in [0.15, 0.2) is 21.4 Å². The van der Waals surface area contributed by atoms with Crippen LogP contribution >= 0.6 is 15.9 Å². The van der Waals surface area contributed by atoms with Gasteiger partial charge in [0.05, 0.1) is 36.5 Å². The molecule has 7 nitrogen and oxygen atoms in total. The molecule has 2 aromatic rings. The molecule has 1 amide bonds. The van der Waals surface area contributed by atoms with Gasteiger partial charge in [-0.1, -0.05) is 0 Å². The van der Waals surface area contributed by atoms with E-state index in [0.717, 1.165) is 17.6 Å². The van der Waals surface area contributed by atoms with Crippen LogP contribution in [0.1, 0.15) is 0 Å². The molecular weight excluding hydrogens is 340 g/mol. The number of rotatable bonds is 3. The molecule has 112 valence electrons. The summed E-state index contributed by atoms with van der Waals surface area (Å²) in [6.07, 6.45) is 0.